The van der Waals surface area contributed by atoms with E-state index in [0.717, 1.165) is 82.6 Å². The van der Waals surface area contributed by atoms with Crippen molar-refractivity contribution in [3.63, 3.8) is 0 Å². The molecular formula is C48H28N4O. The summed E-state index contributed by atoms with van der Waals surface area (Å²) in [6.07, 6.45) is 0. The zero-order chi connectivity index (χ0) is 34.6. The Kier molecular flexibility index (Phi) is 5.71. The van der Waals surface area contributed by atoms with Crippen molar-refractivity contribution in [1.82, 2.24) is 19.1 Å². The fourth-order valence-electron chi connectivity index (χ4n) is 8.68. The van der Waals surface area contributed by atoms with Crippen molar-refractivity contribution in [2.75, 3.05) is 0 Å². The van der Waals surface area contributed by atoms with Crippen LogP contribution in [0.2, 0.25) is 0 Å². The van der Waals surface area contributed by atoms with E-state index >= 15 is 0 Å². The molecule has 0 fully saturated rings. The Hall–Kier alpha value is -7.24. The van der Waals surface area contributed by atoms with Crippen molar-refractivity contribution < 1.29 is 4.42 Å². The van der Waals surface area contributed by atoms with Gasteiger partial charge in [-0.3, -0.25) is 4.57 Å². The largest absolute Gasteiger partial charge is 0.455 e. The molecule has 0 aliphatic carbocycles. The van der Waals surface area contributed by atoms with Crippen LogP contribution in [0, 0.1) is 0 Å². The van der Waals surface area contributed by atoms with E-state index in [9.17, 15) is 0 Å². The summed E-state index contributed by atoms with van der Waals surface area (Å²) in [5.74, 6) is 0.621. The average molecular weight is 677 g/mol. The zero-order valence-corrected chi connectivity index (χ0v) is 28.4. The Bertz CT molecular complexity index is 3450. The maximum absolute atomic E-state index is 6.84. The molecule has 0 bridgehead atoms. The van der Waals surface area contributed by atoms with Crippen LogP contribution < -0.4 is 0 Å². The number of furan rings is 1. The van der Waals surface area contributed by atoms with Gasteiger partial charge in [-0.15, -0.1) is 0 Å². The van der Waals surface area contributed by atoms with E-state index < -0.39 is 0 Å². The monoisotopic (exact) mass is 676 g/mol. The fraction of sp³-hybridized carbons (Fsp3) is 0. The Morgan fingerprint density at radius 2 is 1.06 bits per heavy atom. The lowest BCUT2D eigenvalue weighted by atomic mass is 10.0. The molecule has 0 unspecified atom stereocenters. The molecular weight excluding hydrogens is 649 g/mol. The topological polar surface area (TPSA) is 48.8 Å². The van der Waals surface area contributed by atoms with Gasteiger partial charge < -0.3 is 8.98 Å². The normalized spacial score (nSPS) is 12.2. The lowest BCUT2D eigenvalue weighted by Gasteiger charge is -2.12. The number of nitrogens with zero attached hydrogens (tertiary/aromatic N) is 4. The number of benzene rings is 8. The molecule has 0 saturated heterocycles. The van der Waals surface area contributed by atoms with E-state index in [2.05, 4.69) is 161 Å². The minimum atomic E-state index is 0.621. The molecule has 0 aliphatic heterocycles. The van der Waals surface area contributed by atoms with Gasteiger partial charge in [0, 0.05) is 43.3 Å². The van der Waals surface area contributed by atoms with Crippen molar-refractivity contribution in [3.05, 3.63) is 170 Å². The van der Waals surface area contributed by atoms with Gasteiger partial charge in [-0.05, 0) is 53.9 Å². The Morgan fingerprint density at radius 3 is 1.94 bits per heavy atom. The molecule has 0 atom stereocenters. The summed E-state index contributed by atoms with van der Waals surface area (Å²) in [6, 6.07) is 59.9. The van der Waals surface area contributed by atoms with Crippen molar-refractivity contribution in [3.8, 4) is 22.9 Å². The summed E-state index contributed by atoms with van der Waals surface area (Å²) in [5, 5.41) is 10.1. The van der Waals surface area contributed by atoms with Gasteiger partial charge in [0.2, 0.25) is 5.95 Å². The molecule has 0 saturated carbocycles. The van der Waals surface area contributed by atoms with E-state index in [-0.39, 0.29) is 0 Å². The van der Waals surface area contributed by atoms with Crippen molar-refractivity contribution in [1.29, 1.82) is 0 Å². The number of fused-ring (bicyclic) bond motifs is 13. The summed E-state index contributed by atoms with van der Waals surface area (Å²) >= 11 is 0. The first-order valence-corrected chi connectivity index (χ1v) is 17.9. The van der Waals surface area contributed by atoms with Crippen LogP contribution in [0.1, 0.15) is 0 Å². The number of aromatic nitrogens is 4. The molecule has 0 aliphatic rings. The van der Waals surface area contributed by atoms with Crippen LogP contribution in [0.5, 0.6) is 0 Å². The molecule has 246 valence electrons. The number of para-hydroxylation sites is 3. The van der Waals surface area contributed by atoms with Gasteiger partial charge in [0.25, 0.3) is 0 Å². The lowest BCUT2D eigenvalue weighted by molar-refractivity contribution is 0.673. The second-order valence-corrected chi connectivity index (χ2v) is 13.7. The molecule has 0 amide bonds. The predicted molar refractivity (Wildman–Crippen MR) is 218 cm³/mol. The summed E-state index contributed by atoms with van der Waals surface area (Å²) in [6.45, 7) is 0. The quantitative estimate of drug-likeness (QED) is 0.187. The Morgan fingerprint density at radius 1 is 0.396 bits per heavy atom. The maximum Gasteiger partial charge on any atom is 0.235 e. The van der Waals surface area contributed by atoms with E-state index in [0.29, 0.717) is 5.95 Å². The van der Waals surface area contributed by atoms with Crippen LogP contribution in [0.4, 0.5) is 0 Å². The first-order chi connectivity index (χ1) is 26.3. The summed E-state index contributed by atoms with van der Waals surface area (Å²) < 4.78 is 11.5. The number of hydrogen-bond acceptors (Lipinski definition) is 3. The summed E-state index contributed by atoms with van der Waals surface area (Å²) in [5.41, 5.74) is 10.0. The zero-order valence-electron chi connectivity index (χ0n) is 28.4. The number of hydrogen-bond donors (Lipinski definition) is 0. The van der Waals surface area contributed by atoms with Crippen LogP contribution in [0.15, 0.2) is 174 Å². The van der Waals surface area contributed by atoms with Gasteiger partial charge in [0.1, 0.15) is 11.2 Å². The molecule has 53 heavy (non-hydrogen) atoms. The van der Waals surface area contributed by atoms with Crippen molar-refractivity contribution in [2.45, 2.75) is 0 Å². The molecule has 0 N–H and O–H groups in total. The minimum Gasteiger partial charge on any atom is -0.455 e. The van der Waals surface area contributed by atoms with Gasteiger partial charge in [-0.25, -0.2) is 9.97 Å². The van der Waals surface area contributed by atoms with Gasteiger partial charge in [0.15, 0.2) is 0 Å². The third-order valence-electron chi connectivity index (χ3n) is 10.9. The third kappa shape index (κ3) is 3.91. The van der Waals surface area contributed by atoms with Crippen LogP contribution in [0.3, 0.4) is 0 Å². The van der Waals surface area contributed by atoms with Crippen LogP contribution >= 0.6 is 0 Å². The molecule has 5 heteroatoms. The Labute approximate surface area is 302 Å². The van der Waals surface area contributed by atoms with Gasteiger partial charge in [0.05, 0.1) is 44.4 Å². The molecule has 12 rings (SSSR count). The molecule has 8 aromatic carbocycles. The number of rotatable bonds is 3. The van der Waals surface area contributed by atoms with Crippen molar-refractivity contribution >= 4 is 87.2 Å². The highest BCUT2D eigenvalue weighted by atomic mass is 16.3. The third-order valence-corrected chi connectivity index (χ3v) is 10.9. The van der Waals surface area contributed by atoms with E-state index in [1.165, 1.54) is 21.5 Å². The lowest BCUT2D eigenvalue weighted by Crippen LogP contribution is -2.03. The van der Waals surface area contributed by atoms with E-state index in [1.54, 1.807) is 0 Å². The van der Waals surface area contributed by atoms with Crippen LogP contribution in [-0.4, -0.2) is 19.1 Å². The van der Waals surface area contributed by atoms with Crippen LogP contribution in [-0.2, 0) is 0 Å². The highest BCUT2D eigenvalue weighted by Gasteiger charge is 2.25. The molecule has 4 heterocycles. The minimum absolute atomic E-state index is 0.621. The standard InChI is InChI=1S/C48H28N4O/c1-2-14-30(15-3-1)46-34-19-6-9-21-36(34)49-48(50-46)52-40-28-27-39-43(44(40)45-41(52)26-25-33-32-18-8-11-24-42(32)53-47(33)45)35-20-7-10-22-38(35)51(39)37-23-12-16-29-13-4-5-17-31(29)37/h1-28H. The second kappa shape index (κ2) is 10.6. The molecule has 0 spiro atoms. The first kappa shape index (κ1) is 28.5. The predicted octanol–water partition coefficient (Wildman–Crippen LogP) is 12.5. The molecule has 0 radical (unpaired) electrons. The highest BCUT2D eigenvalue weighted by Crippen LogP contribution is 2.46. The Balaban J connectivity index is 1.29. The smallest absolute Gasteiger partial charge is 0.235 e. The van der Waals surface area contributed by atoms with Gasteiger partial charge >= 0.3 is 0 Å². The highest BCUT2D eigenvalue weighted by molar-refractivity contribution is 6.34. The second-order valence-electron chi connectivity index (χ2n) is 13.7. The van der Waals surface area contributed by atoms with E-state index in [4.69, 9.17) is 14.4 Å². The fourth-order valence-corrected chi connectivity index (χ4v) is 8.68. The van der Waals surface area contributed by atoms with Crippen LogP contribution in [0.25, 0.3) is 110 Å². The maximum atomic E-state index is 6.84. The van der Waals surface area contributed by atoms with E-state index in [1.807, 2.05) is 18.2 Å². The molecule has 5 nitrogen and oxygen atoms in total. The van der Waals surface area contributed by atoms with Crippen molar-refractivity contribution in [2.24, 2.45) is 0 Å². The van der Waals surface area contributed by atoms with Gasteiger partial charge in [-0.1, -0.05) is 121 Å². The van der Waals surface area contributed by atoms with Gasteiger partial charge in [-0.2, -0.15) is 0 Å². The SMILES string of the molecule is c1ccc(-c2nc(-n3c4ccc5c6ccccc6oc5c4c4c5c6ccccc6n(-c6cccc7ccccc67)c5ccc43)nc3ccccc23)cc1. The summed E-state index contributed by atoms with van der Waals surface area (Å²) in [4.78, 5) is 10.7. The first-order valence-electron chi connectivity index (χ1n) is 17.9. The molecule has 4 aromatic heterocycles. The summed E-state index contributed by atoms with van der Waals surface area (Å²) in [7, 11) is 0. The average Bonchev–Trinajstić information content (AvgIpc) is 3.88. The molecule has 12 aromatic rings.